The van der Waals surface area contributed by atoms with E-state index in [4.69, 9.17) is 10.5 Å². The van der Waals surface area contributed by atoms with Crippen molar-refractivity contribution in [2.24, 2.45) is 5.73 Å². The highest BCUT2D eigenvalue weighted by molar-refractivity contribution is 7.99. The van der Waals surface area contributed by atoms with Crippen LogP contribution in [0.25, 0.3) is 0 Å². The van der Waals surface area contributed by atoms with Crippen LogP contribution < -0.4 is 5.73 Å². The van der Waals surface area contributed by atoms with Crippen LogP contribution in [0.1, 0.15) is 6.42 Å². The van der Waals surface area contributed by atoms with E-state index >= 15 is 0 Å². The Morgan fingerprint density at radius 1 is 1.22 bits per heavy atom. The number of ether oxygens (including phenoxy) is 1. The van der Waals surface area contributed by atoms with Crippen LogP contribution in [0.15, 0.2) is 35.2 Å². The Bertz CT molecular complexity index is 328. The quantitative estimate of drug-likeness (QED) is 0.797. The number of hydrogen-bond acceptors (Lipinski definition) is 4. The molecule has 18 heavy (non-hydrogen) atoms. The fourth-order valence-corrected chi connectivity index (χ4v) is 2.90. The van der Waals surface area contributed by atoms with Gasteiger partial charge in [-0.3, -0.25) is 4.90 Å². The number of hydrogen-bond donors (Lipinski definition) is 1. The van der Waals surface area contributed by atoms with E-state index in [0.717, 1.165) is 45.0 Å². The van der Waals surface area contributed by atoms with E-state index in [1.165, 1.54) is 4.90 Å². The molecule has 0 bridgehead atoms. The Morgan fingerprint density at radius 3 is 2.67 bits per heavy atom. The fourth-order valence-electron chi connectivity index (χ4n) is 1.98. The molecule has 1 heterocycles. The lowest BCUT2D eigenvalue weighted by atomic mass is 10.2. The second-order valence-electron chi connectivity index (χ2n) is 4.63. The Morgan fingerprint density at radius 2 is 1.94 bits per heavy atom. The van der Waals surface area contributed by atoms with Crippen molar-refractivity contribution in [2.45, 2.75) is 17.4 Å². The number of benzene rings is 1. The van der Waals surface area contributed by atoms with Crippen molar-refractivity contribution in [3.63, 3.8) is 0 Å². The fraction of sp³-hybridized carbons (Fsp3) is 0.571. The summed E-state index contributed by atoms with van der Waals surface area (Å²) in [6, 6.07) is 10.7. The minimum Gasteiger partial charge on any atom is -0.379 e. The van der Waals surface area contributed by atoms with E-state index in [9.17, 15) is 0 Å². The second-order valence-corrected chi connectivity index (χ2v) is 5.72. The molecule has 1 aliphatic heterocycles. The van der Waals surface area contributed by atoms with Gasteiger partial charge in [-0.25, -0.2) is 0 Å². The molecule has 0 saturated carbocycles. The molecule has 4 heteroatoms. The first-order valence-electron chi connectivity index (χ1n) is 6.58. The molecule has 3 nitrogen and oxygen atoms in total. The summed E-state index contributed by atoms with van der Waals surface area (Å²) >= 11 is 1.85. The third-order valence-corrected chi connectivity index (χ3v) is 4.33. The Labute approximate surface area is 114 Å². The summed E-state index contributed by atoms with van der Waals surface area (Å²) in [5.41, 5.74) is 6.16. The van der Waals surface area contributed by atoms with Crippen LogP contribution in [0.5, 0.6) is 0 Å². The van der Waals surface area contributed by atoms with Crippen LogP contribution in [-0.2, 0) is 4.74 Å². The maximum absolute atomic E-state index is 6.16. The van der Waals surface area contributed by atoms with Gasteiger partial charge in [0, 0.05) is 29.8 Å². The molecule has 1 atom stereocenters. The lowest BCUT2D eigenvalue weighted by molar-refractivity contribution is 0.0369. The summed E-state index contributed by atoms with van der Waals surface area (Å²) in [5.74, 6) is 0.994. The summed E-state index contributed by atoms with van der Waals surface area (Å²) in [6.45, 7) is 4.94. The highest BCUT2D eigenvalue weighted by atomic mass is 32.2. The molecule has 0 amide bonds. The molecule has 2 N–H and O–H groups in total. The maximum atomic E-state index is 6.16. The van der Waals surface area contributed by atoms with Crippen LogP contribution in [0.3, 0.4) is 0 Å². The van der Waals surface area contributed by atoms with Crippen molar-refractivity contribution >= 4 is 11.8 Å². The average molecular weight is 266 g/mol. The van der Waals surface area contributed by atoms with Crippen molar-refractivity contribution in [3.8, 4) is 0 Å². The summed E-state index contributed by atoms with van der Waals surface area (Å²) in [4.78, 5) is 3.75. The van der Waals surface area contributed by atoms with E-state index in [-0.39, 0.29) is 6.04 Å². The van der Waals surface area contributed by atoms with Gasteiger partial charge in [-0.2, -0.15) is 0 Å². The zero-order valence-electron chi connectivity index (χ0n) is 10.8. The van der Waals surface area contributed by atoms with E-state index in [0.29, 0.717) is 0 Å². The highest BCUT2D eigenvalue weighted by Crippen LogP contribution is 2.18. The van der Waals surface area contributed by atoms with Gasteiger partial charge in [0.25, 0.3) is 0 Å². The smallest absolute Gasteiger partial charge is 0.0594 e. The number of nitrogens with zero attached hydrogens (tertiary/aromatic N) is 1. The Balaban J connectivity index is 1.61. The molecule has 0 spiro atoms. The zero-order valence-corrected chi connectivity index (χ0v) is 11.6. The number of nitrogens with two attached hydrogens (primary N) is 1. The van der Waals surface area contributed by atoms with E-state index in [1.54, 1.807) is 0 Å². The second kappa shape index (κ2) is 7.79. The molecular weight excluding hydrogens is 244 g/mol. The third kappa shape index (κ3) is 4.98. The van der Waals surface area contributed by atoms with Gasteiger partial charge in [-0.05, 0) is 25.1 Å². The van der Waals surface area contributed by atoms with Gasteiger partial charge < -0.3 is 10.5 Å². The molecule has 0 aromatic heterocycles. The SMILES string of the molecule is N[C@H](CCN1CCOCC1)CSc1ccccc1. The van der Waals surface area contributed by atoms with E-state index in [1.807, 2.05) is 17.8 Å². The van der Waals surface area contributed by atoms with Crippen LogP contribution >= 0.6 is 11.8 Å². The van der Waals surface area contributed by atoms with Crippen LogP contribution in [-0.4, -0.2) is 49.5 Å². The molecular formula is C14H22N2OS. The minimum absolute atomic E-state index is 0.276. The van der Waals surface area contributed by atoms with Crippen molar-refractivity contribution in [2.75, 3.05) is 38.6 Å². The predicted octanol–water partition coefficient (Wildman–Crippen LogP) is 1.83. The summed E-state index contributed by atoms with van der Waals surface area (Å²) in [7, 11) is 0. The standard InChI is InChI=1S/C14H22N2OS/c15-13(6-7-16-8-10-17-11-9-16)12-18-14-4-2-1-3-5-14/h1-5,13H,6-12,15H2/t13-/m1/s1. The van der Waals surface area contributed by atoms with Gasteiger partial charge >= 0.3 is 0 Å². The van der Waals surface area contributed by atoms with Gasteiger partial charge in [-0.1, -0.05) is 18.2 Å². The molecule has 1 fully saturated rings. The monoisotopic (exact) mass is 266 g/mol. The highest BCUT2D eigenvalue weighted by Gasteiger charge is 2.11. The zero-order chi connectivity index (χ0) is 12.6. The summed E-state index contributed by atoms with van der Waals surface area (Å²) in [5, 5.41) is 0. The first kappa shape index (κ1) is 13.9. The van der Waals surface area contributed by atoms with Crippen molar-refractivity contribution in [1.29, 1.82) is 0 Å². The average Bonchev–Trinajstić information content (AvgIpc) is 2.45. The van der Waals surface area contributed by atoms with Crippen molar-refractivity contribution < 1.29 is 4.74 Å². The maximum Gasteiger partial charge on any atom is 0.0594 e. The first-order valence-corrected chi connectivity index (χ1v) is 7.56. The van der Waals surface area contributed by atoms with Crippen molar-refractivity contribution in [1.82, 2.24) is 4.90 Å². The van der Waals surface area contributed by atoms with E-state index < -0.39 is 0 Å². The van der Waals surface area contributed by atoms with Crippen LogP contribution in [0.4, 0.5) is 0 Å². The molecule has 1 aliphatic rings. The normalized spacial score (nSPS) is 18.7. The first-order chi connectivity index (χ1) is 8.84. The Hall–Kier alpha value is -0.550. The summed E-state index contributed by atoms with van der Waals surface area (Å²) in [6.07, 6.45) is 1.07. The Kier molecular flexibility index (Phi) is 6.00. The molecule has 1 aromatic rings. The third-order valence-electron chi connectivity index (χ3n) is 3.13. The number of rotatable bonds is 6. The van der Waals surface area contributed by atoms with Gasteiger partial charge in [0.1, 0.15) is 0 Å². The van der Waals surface area contributed by atoms with E-state index in [2.05, 4.69) is 29.2 Å². The molecule has 1 saturated heterocycles. The predicted molar refractivity (Wildman–Crippen MR) is 77.0 cm³/mol. The van der Waals surface area contributed by atoms with Gasteiger partial charge in [-0.15, -0.1) is 11.8 Å². The van der Waals surface area contributed by atoms with Crippen LogP contribution in [0, 0.1) is 0 Å². The van der Waals surface area contributed by atoms with Crippen LogP contribution in [0.2, 0.25) is 0 Å². The minimum atomic E-state index is 0.276. The number of morpholine rings is 1. The van der Waals surface area contributed by atoms with Gasteiger partial charge in [0.15, 0.2) is 0 Å². The molecule has 1 aromatic carbocycles. The molecule has 2 rings (SSSR count). The number of thioether (sulfide) groups is 1. The lowest BCUT2D eigenvalue weighted by Crippen LogP contribution is -2.39. The summed E-state index contributed by atoms with van der Waals surface area (Å²) < 4.78 is 5.33. The topological polar surface area (TPSA) is 38.5 Å². The molecule has 0 radical (unpaired) electrons. The molecule has 0 aliphatic carbocycles. The molecule has 100 valence electrons. The molecule has 0 unspecified atom stereocenters. The van der Waals surface area contributed by atoms with Crippen molar-refractivity contribution in [3.05, 3.63) is 30.3 Å². The van der Waals surface area contributed by atoms with Gasteiger partial charge in [0.05, 0.1) is 13.2 Å². The van der Waals surface area contributed by atoms with Gasteiger partial charge in [0.2, 0.25) is 0 Å². The lowest BCUT2D eigenvalue weighted by Gasteiger charge is -2.27. The largest absolute Gasteiger partial charge is 0.379 e.